The molecule has 0 atom stereocenters. The molecule has 0 aliphatic carbocycles. The Morgan fingerprint density at radius 2 is 1.89 bits per heavy atom. The maximum atomic E-state index is 11.9. The maximum absolute atomic E-state index is 11.9. The van der Waals surface area contributed by atoms with Crippen molar-refractivity contribution in [3.63, 3.8) is 0 Å². The van der Waals surface area contributed by atoms with Crippen molar-refractivity contribution < 1.29 is 21.6 Å². The number of thioether (sulfide) groups is 1. The Bertz CT molecular complexity index is 518. The zero-order chi connectivity index (χ0) is 14.5. The fourth-order valence-electron chi connectivity index (χ4n) is 1.33. The number of anilines is 1. The van der Waals surface area contributed by atoms with Crippen molar-refractivity contribution in [2.45, 2.75) is 10.4 Å². The number of sulfonamides is 1. The molecule has 0 aliphatic rings. The van der Waals surface area contributed by atoms with Crippen LogP contribution >= 0.6 is 11.8 Å². The second-order valence-electron chi connectivity index (χ2n) is 3.44. The van der Waals surface area contributed by atoms with Gasteiger partial charge in [-0.05, 0) is 23.9 Å². The van der Waals surface area contributed by atoms with Crippen molar-refractivity contribution in [3.05, 3.63) is 24.3 Å². The Kier molecular flexibility index (Phi) is 5.50. The second kappa shape index (κ2) is 6.49. The van der Waals surface area contributed by atoms with Crippen LogP contribution in [0.3, 0.4) is 0 Å². The lowest BCUT2D eigenvalue weighted by Gasteiger charge is -2.11. The van der Waals surface area contributed by atoms with Gasteiger partial charge < -0.3 is 5.32 Å². The van der Waals surface area contributed by atoms with E-state index in [0.29, 0.717) is 5.69 Å². The van der Waals surface area contributed by atoms with Gasteiger partial charge in [0.1, 0.15) is 4.90 Å². The van der Waals surface area contributed by atoms with E-state index in [1.54, 1.807) is 25.2 Å². The number of nitrogens with one attached hydrogen (secondary N) is 2. The number of hydrogen-bond donors (Lipinski definition) is 2. The number of para-hydroxylation sites is 1. The van der Waals surface area contributed by atoms with Crippen LogP contribution < -0.4 is 10.0 Å². The molecule has 1 aromatic carbocycles. The first-order valence-electron chi connectivity index (χ1n) is 5.23. The van der Waals surface area contributed by atoms with Gasteiger partial charge in [0.05, 0.1) is 5.69 Å². The van der Waals surface area contributed by atoms with Crippen molar-refractivity contribution in [2.24, 2.45) is 0 Å². The van der Waals surface area contributed by atoms with Crippen LogP contribution in [0.2, 0.25) is 0 Å². The molecule has 0 saturated carbocycles. The lowest BCUT2D eigenvalue weighted by molar-refractivity contribution is -0.0327. The third kappa shape index (κ3) is 5.29. The van der Waals surface area contributed by atoms with Gasteiger partial charge in [-0.3, -0.25) is 0 Å². The van der Waals surface area contributed by atoms with Gasteiger partial charge in [-0.1, -0.05) is 12.1 Å². The zero-order valence-corrected chi connectivity index (χ0v) is 11.6. The Balaban J connectivity index is 2.66. The lowest BCUT2D eigenvalue weighted by Crippen LogP contribution is -2.27. The summed E-state index contributed by atoms with van der Waals surface area (Å²) in [6.07, 6.45) is 0. The van der Waals surface area contributed by atoms with E-state index in [2.05, 4.69) is 10.0 Å². The molecule has 0 fully saturated rings. The second-order valence-corrected chi connectivity index (χ2v) is 6.33. The molecule has 0 aromatic heterocycles. The van der Waals surface area contributed by atoms with E-state index in [1.807, 2.05) is 0 Å². The largest absolute Gasteiger partial charge is 0.441 e. The van der Waals surface area contributed by atoms with E-state index in [-0.39, 0.29) is 29.0 Å². The standard InChI is InChI=1S/C10H13F3N2O2S2/c1-14-8-4-2-3-5-9(8)19(16,17)15-6-7-18-10(11,12)13/h2-5,14-15H,6-7H2,1H3. The number of alkyl halides is 3. The van der Waals surface area contributed by atoms with E-state index < -0.39 is 15.5 Å². The lowest BCUT2D eigenvalue weighted by atomic mass is 10.3. The maximum Gasteiger partial charge on any atom is 0.441 e. The topological polar surface area (TPSA) is 58.2 Å². The molecule has 2 N–H and O–H groups in total. The molecule has 4 nitrogen and oxygen atoms in total. The smallest absolute Gasteiger partial charge is 0.387 e. The third-order valence-electron chi connectivity index (χ3n) is 2.11. The molecule has 0 aliphatic heterocycles. The highest BCUT2D eigenvalue weighted by Gasteiger charge is 2.28. The van der Waals surface area contributed by atoms with E-state index in [1.165, 1.54) is 6.07 Å². The van der Waals surface area contributed by atoms with Gasteiger partial charge in [0.15, 0.2) is 0 Å². The summed E-state index contributed by atoms with van der Waals surface area (Å²) in [5, 5.41) is 2.71. The van der Waals surface area contributed by atoms with Crippen LogP contribution in [0.1, 0.15) is 0 Å². The molecule has 0 spiro atoms. The van der Waals surface area contributed by atoms with Crippen LogP contribution in [0.5, 0.6) is 0 Å². The quantitative estimate of drug-likeness (QED) is 0.791. The van der Waals surface area contributed by atoms with Gasteiger partial charge in [-0.2, -0.15) is 13.2 Å². The van der Waals surface area contributed by atoms with Crippen molar-refractivity contribution in [3.8, 4) is 0 Å². The molecule has 9 heteroatoms. The fourth-order valence-corrected chi connectivity index (χ4v) is 3.14. The van der Waals surface area contributed by atoms with Crippen molar-refractivity contribution in [2.75, 3.05) is 24.7 Å². The predicted octanol–water partition coefficient (Wildman–Crippen LogP) is 2.26. The third-order valence-corrected chi connectivity index (χ3v) is 4.36. The van der Waals surface area contributed by atoms with Gasteiger partial charge >= 0.3 is 5.51 Å². The molecular weight excluding hydrogens is 301 g/mol. The summed E-state index contributed by atoms with van der Waals surface area (Å²) in [5.74, 6) is -0.371. The summed E-state index contributed by atoms with van der Waals surface area (Å²) >= 11 is -0.263. The first-order chi connectivity index (χ1) is 8.76. The summed E-state index contributed by atoms with van der Waals surface area (Å²) in [6.45, 7) is -0.287. The van der Waals surface area contributed by atoms with Gasteiger partial charge in [0.25, 0.3) is 0 Å². The minimum Gasteiger partial charge on any atom is -0.387 e. The SMILES string of the molecule is CNc1ccccc1S(=O)(=O)NCCSC(F)(F)F. The van der Waals surface area contributed by atoms with Gasteiger partial charge in [0.2, 0.25) is 10.0 Å². The summed E-state index contributed by atoms with van der Waals surface area (Å²) in [4.78, 5) is 0.00880. The monoisotopic (exact) mass is 314 g/mol. The van der Waals surface area contributed by atoms with Crippen LogP contribution in [-0.4, -0.2) is 33.3 Å². The van der Waals surface area contributed by atoms with Gasteiger partial charge in [0, 0.05) is 19.3 Å². The molecule has 108 valence electrons. The number of hydrogen-bond acceptors (Lipinski definition) is 4. The van der Waals surface area contributed by atoms with Crippen LogP contribution in [0.4, 0.5) is 18.9 Å². The van der Waals surface area contributed by atoms with E-state index in [0.717, 1.165) is 0 Å². The summed E-state index contributed by atoms with van der Waals surface area (Å²) < 4.78 is 61.6. The Morgan fingerprint density at radius 3 is 2.47 bits per heavy atom. The van der Waals surface area contributed by atoms with E-state index in [4.69, 9.17) is 0 Å². The average Bonchev–Trinajstić information content (AvgIpc) is 2.33. The number of halogens is 3. The molecule has 19 heavy (non-hydrogen) atoms. The number of benzene rings is 1. The fraction of sp³-hybridized carbons (Fsp3) is 0.400. The summed E-state index contributed by atoms with van der Waals surface area (Å²) in [6, 6.07) is 6.15. The molecule has 0 bridgehead atoms. The van der Waals surface area contributed by atoms with Gasteiger partial charge in [-0.15, -0.1) is 0 Å². The molecule has 0 unspecified atom stereocenters. The molecule has 0 saturated heterocycles. The van der Waals surface area contributed by atoms with E-state index >= 15 is 0 Å². The highest BCUT2D eigenvalue weighted by atomic mass is 32.2. The minimum atomic E-state index is -4.35. The highest BCUT2D eigenvalue weighted by molar-refractivity contribution is 8.00. The first kappa shape index (κ1) is 16.1. The predicted molar refractivity (Wildman–Crippen MR) is 69.7 cm³/mol. The Morgan fingerprint density at radius 1 is 1.26 bits per heavy atom. The Labute approximate surface area is 113 Å². The summed E-state index contributed by atoms with van der Waals surface area (Å²) in [7, 11) is -2.25. The minimum absolute atomic E-state index is 0.00880. The van der Waals surface area contributed by atoms with E-state index in [9.17, 15) is 21.6 Å². The van der Waals surface area contributed by atoms with Crippen molar-refractivity contribution in [1.82, 2.24) is 4.72 Å². The molecule has 0 amide bonds. The molecular formula is C10H13F3N2O2S2. The van der Waals surface area contributed by atoms with Crippen molar-refractivity contribution in [1.29, 1.82) is 0 Å². The van der Waals surface area contributed by atoms with Gasteiger partial charge in [-0.25, -0.2) is 13.1 Å². The molecule has 1 rings (SSSR count). The highest BCUT2D eigenvalue weighted by Crippen LogP contribution is 2.29. The van der Waals surface area contributed by atoms with Crippen LogP contribution in [0.25, 0.3) is 0 Å². The average molecular weight is 314 g/mol. The molecule has 1 aromatic rings. The van der Waals surface area contributed by atoms with Crippen molar-refractivity contribution >= 4 is 27.5 Å². The zero-order valence-electron chi connectivity index (χ0n) is 9.99. The normalized spacial score (nSPS) is 12.4. The molecule has 0 radical (unpaired) electrons. The number of rotatable bonds is 6. The summed E-state index contributed by atoms with van der Waals surface area (Å²) in [5.41, 5.74) is -3.97. The first-order valence-corrected chi connectivity index (χ1v) is 7.70. The van der Waals surface area contributed by atoms with Crippen LogP contribution in [-0.2, 0) is 10.0 Å². The molecule has 0 heterocycles. The Hall–Kier alpha value is -0.930. The van der Waals surface area contributed by atoms with Crippen LogP contribution in [0, 0.1) is 0 Å². The van der Waals surface area contributed by atoms with Crippen LogP contribution in [0.15, 0.2) is 29.2 Å².